The lowest BCUT2D eigenvalue weighted by Crippen LogP contribution is -2.52. The van der Waals surface area contributed by atoms with E-state index in [0.717, 1.165) is 0 Å². The van der Waals surface area contributed by atoms with Gasteiger partial charge in [-0.05, 0) is 18.6 Å². The van der Waals surface area contributed by atoms with Crippen LogP contribution in [0.1, 0.15) is 28.9 Å². The number of piperazine rings is 1. The summed E-state index contributed by atoms with van der Waals surface area (Å²) in [5.74, 6) is 0.430. The molecule has 0 aliphatic carbocycles. The molecule has 1 aromatic rings. The van der Waals surface area contributed by atoms with E-state index in [9.17, 15) is 18.0 Å². The van der Waals surface area contributed by atoms with E-state index in [0.29, 0.717) is 41.8 Å². The van der Waals surface area contributed by atoms with Crippen LogP contribution in [-0.4, -0.2) is 73.6 Å². The Kier molecular flexibility index (Phi) is 5.82. The van der Waals surface area contributed by atoms with Crippen molar-refractivity contribution in [2.24, 2.45) is 0 Å². The van der Waals surface area contributed by atoms with Crippen molar-refractivity contribution in [3.63, 3.8) is 0 Å². The van der Waals surface area contributed by atoms with E-state index in [2.05, 4.69) is 4.90 Å². The molecule has 2 aliphatic heterocycles. The molecule has 2 aliphatic rings. The number of hydrogen-bond donors (Lipinski definition) is 0. The van der Waals surface area contributed by atoms with E-state index in [1.807, 2.05) is 0 Å². The minimum atomic E-state index is -2.89. The van der Waals surface area contributed by atoms with Crippen LogP contribution in [-0.2, 0) is 14.6 Å². The van der Waals surface area contributed by atoms with Crippen LogP contribution < -0.4 is 0 Å². The highest BCUT2D eigenvalue weighted by atomic mass is 35.5. The Balaban J connectivity index is 1.43. The Morgan fingerprint density at radius 2 is 1.88 bits per heavy atom. The highest BCUT2D eigenvalue weighted by molar-refractivity contribution is 7.91. The Hall–Kier alpha value is -0.960. The van der Waals surface area contributed by atoms with Gasteiger partial charge in [0.25, 0.3) is 0 Å². The molecule has 1 amide bonds. The standard InChI is InChI=1S/C16H21ClN2O4S2/c17-15-3-2-14(24-15)13(20)1-4-16(21)19-8-6-18(7-9-19)12-5-10-25(22,23)11-12/h2-3,12H,1,4-11H2. The number of ketones is 1. The zero-order valence-electron chi connectivity index (χ0n) is 13.8. The van der Waals surface area contributed by atoms with Gasteiger partial charge in [-0.2, -0.15) is 0 Å². The van der Waals surface area contributed by atoms with Gasteiger partial charge in [-0.15, -0.1) is 11.3 Å². The number of rotatable bonds is 5. The van der Waals surface area contributed by atoms with Gasteiger partial charge >= 0.3 is 0 Å². The van der Waals surface area contributed by atoms with Gasteiger partial charge in [-0.1, -0.05) is 11.6 Å². The lowest BCUT2D eigenvalue weighted by atomic mass is 10.1. The second-order valence-corrected chi connectivity index (χ2v) is 10.4. The summed E-state index contributed by atoms with van der Waals surface area (Å²) in [6.07, 6.45) is 1.08. The van der Waals surface area contributed by atoms with Gasteiger partial charge in [0.1, 0.15) is 0 Å². The van der Waals surface area contributed by atoms with Crippen molar-refractivity contribution >= 4 is 44.5 Å². The lowest BCUT2D eigenvalue weighted by Gasteiger charge is -2.37. The molecule has 2 saturated heterocycles. The highest BCUT2D eigenvalue weighted by Gasteiger charge is 2.34. The van der Waals surface area contributed by atoms with Gasteiger partial charge in [0.05, 0.1) is 20.7 Å². The van der Waals surface area contributed by atoms with Gasteiger partial charge in [0.2, 0.25) is 5.91 Å². The fourth-order valence-electron chi connectivity index (χ4n) is 3.37. The summed E-state index contributed by atoms with van der Waals surface area (Å²) in [5, 5.41) is 0. The first-order chi connectivity index (χ1) is 11.8. The SMILES string of the molecule is O=C(CCC(=O)N1CCN(C2CCS(=O)(=O)C2)CC1)c1ccc(Cl)s1. The minimum absolute atomic E-state index is 0.0188. The first-order valence-electron chi connectivity index (χ1n) is 8.35. The van der Waals surface area contributed by atoms with Crippen molar-refractivity contribution in [3.8, 4) is 0 Å². The average molecular weight is 405 g/mol. The van der Waals surface area contributed by atoms with Crippen LogP contribution in [0.3, 0.4) is 0 Å². The maximum absolute atomic E-state index is 12.3. The van der Waals surface area contributed by atoms with E-state index >= 15 is 0 Å². The normalized spacial score (nSPS) is 23.7. The molecule has 0 aromatic carbocycles. The van der Waals surface area contributed by atoms with Crippen LogP contribution in [0, 0.1) is 0 Å². The molecule has 1 aromatic heterocycles. The molecule has 0 bridgehead atoms. The van der Waals surface area contributed by atoms with Gasteiger partial charge < -0.3 is 4.90 Å². The largest absolute Gasteiger partial charge is 0.340 e. The molecule has 1 atom stereocenters. The molecule has 1 unspecified atom stereocenters. The van der Waals surface area contributed by atoms with E-state index < -0.39 is 9.84 Å². The molecule has 0 radical (unpaired) electrons. The van der Waals surface area contributed by atoms with E-state index in [1.54, 1.807) is 17.0 Å². The van der Waals surface area contributed by atoms with Crippen LogP contribution >= 0.6 is 22.9 Å². The summed E-state index contributed by atoms with van der Waals surface area (Å²) < 4.78 is 23.8. The number of carbonyl (C=O) groups is 2. The monoisotopic (exact) mass is 404 g/mol. The van der Waals surface area contributed by atoms with Crippen molar-refractivity contribution in [3.05, 3.63) is 21.3 Å². The molecule has 3 rings (SSSR count). The zero-order valence-corrected chi connectivity index (χ0v) is 16.2. The number of halogens is 1. The molecule has 0 spiro atoms. The minimum Gasteiger partial charge on any atom is -0.340 e. The first-order valence-corrected chi connectivity index (χ1v) is 11.4. The number of Topliss-reactive ketones (excluding diaryl/α,β-unsaturated/α-hetero) is 1. The summed E-state index contributed by atoms with van der Waals surface area (Å²) in [6.45, 7) is 2.57. The van der Waals surface area contributed by atoms with Crippen LogP contribution in [0.2, 0.25) is 4.34 Å². The summed E-state index contributed by atoms with van der Waals surface area (Å²) in [4.78, 5) is 28.9. The lowest BCUT2D eigenvalue weighted by molar-refractivity contribution is -0.133. The number of nitrogens with zero attached hydrogens (tertiary/aromatic N) is 2. The molecule has 25 heavy (non-hydrogen) atoms. The zero-order chi connectivity index (χ0) is 18.0. The molecule has 3 heterocycles. The molecule has 6 nitrogen and oxygen atoms in total. The van der Waals surface area contributed by atoms with Crippen molar-refractivity contribution in [2.45, 2.75) is 25.3 Å². The van der Waals surface area contributed by atoms with Crippen molar-refractivity contribution in [1.82, 2.24) is 9.80 Å². The number of carbonyl (C=O) groups excluding carboxylic acids is 2. The van der Waals surface area contributed by atoms with Crippen LogP contribution in [0.15, 0.2) is 12.1 Å². The van der Waals surface area contributed by atoms with E-state index in [4.69, 9.17) is 11.6 Å². The Morgan fingerprint density at radius 3 is 2.44 bits per heavy atom. The molecule has 138 valence electrons. The third-order valence-corrected chi connectivity index (χ3v) is 7.83. The summed E-state index contributed by atoms with van der Waals surface area (Å²) in [5.41, 5.74) is 0. The van der Waals surface area contributed by atoms with Crippen molar-refractivity contribution in [2.75, 3.05) is 37.7 Å². The summed E-state index contributed by atoms with van der Waals surface area (Å²) in [7, 11) is -2.89. The van der Waals surface area contributed by atoms with E-state index in [1.165, 1.54) is 11.3 Å². The third-order valence-electron chi connectivity index (χ3n) is 4.81. The number of amides is 1. The molecule has 0 saturated carbocycles. The van der Waals surface area contributed by atoms with Crippen molar-refractivity contribution < 1.29 is 18.0 Å². The maximum Gasteiger partial charge on any atom is 0.223 e. The number of sulfone groups is 1. The molecular weight excluding hydrogens is 384 g/mol. The van der Waals surface area contributed by atoms with E-state index in [-0.39, 0.29) is 42.1 Å². The summed E-state index contributed by atoms with van der Waals surface area (Å²) >= 11 is 7.06. The Bertz CT molecular complexity index is 754. The van der Waals surface area contributed by atoms with Crippen molar-refractivity contribution in [1.29, 1.82) is 0 Å². The smallest absolute Gasteiger partial charge is 0.223 e. The van der Waals surface area contributed by atoms with Gasteiger partial charge in [0, 0.05) is 45.1 Å². The average Bonchev–Trinajstić information content (AvgIpc) is 3.18. The quantitative estimate of drug-likeness (QED) is 0.698. The predicted molar refractivity (Wildman–Crippen MR) is 98.1 cm³/mol. The second-order valence-electron chi connectivity index (χ2n) is 6.50. The van der Waals surface area contributed by atoms with Crippen LogP contribution in [0.4, 0.5) is 0 Å². The fourth-order valence-corrected chi connectivity index (χ4v) is 6.14. The van der Waals surface area contributed by atoms with Gasteiger partial charge in [-0.25, -0.2) is 8.42 Å². The number of thiophene rings is 1. The third kappa shape index (κ3) is 4.81. The van der Waals surface area contributed by atoms with Crippen LogP contribution in [0.25, 0.3) is 0 Å². The molecule has 2 fully saturated rings. The maximum atomic E-state index is 12.3. The van der Waals surface area contributed by atoms with Gasteiger partial charge in [0.15, 0.2) is 15.6 Å². The Morgan fingerprint density at radius 1 is 1.16 bits per heavy atom. The number of hydrogen-bond acceptors (Lipinski definition) is 6. The van der Waals surface area contributed by atoms with Gasteiger partial charge in [-0.3, -0.25) is 14.5 Å². The molecule has 0 N–H and O–H groups in total. The second kappa shape index (κ2) is 7.73. The van der Waals surface area contributed by atoms with Crippen LogP contribution in [0.5, 0.6) is 0 Å². The fraction of sp³-hybridized carbons (Fsp3) is 0.625. The highest BCUT2D eigenvalue weighted by Crippen LogP contribution is 2.23. The molecular formula is C16H21ClN2O4S2. The Labute approximate surface area is 156 Å². The molecule has 9 heteroatoms. The first kappa shape index (κ1) is 18.8. The topological polar surface area (TPSA) is 74.8 Å². The summed E-state index contributed by atoms with van der Waals surface area (Å²) in [6, 6.07) is 3.46. The predicted octanol–water partition coefficient (Wildman–Crippen LogP) is 1.70.